The minimum Gasteiger partial charge on any atom is -0.399 e. The standard InChI is InChI=1S/C16H14ClN3O/c17-12-3-1-10(2-4-12)9-19-16(21)15-8-11-7-13(18)5-6-14(11)20-15/h1-8,20H,9,18H2,(H,19,21). The van der Waals surface area contributed by atoms with Crippen molar-refractivity contribution in [2.75, 3.05) is 5.73 Å². The van der Waals surface area contributed by atoms with Gasteiger partial charge in [0.15, 0.2) is 0 Å². The molecule has 1 heterocycles. The summed E-state index contributed by atoms with van der Waals surface area (Å²) in [6.45, 7) is 0.452. The molecule has 0 spiro atoms. The lowest BCUT2D eigenvalue weighted by atomic mass is 10.2. The number of hydrogen-bond donors (Lipinski definition) is 3. The van der Waals surface area contributed by atoms with Crippen molar-refractivity contribution in [2.45, 2.75) is 6.54 Å². The number of nitrogens with two attached hydrogens (primary N) is 1. The molecule has 21 heavy (non-hydrogen) atoms. The molecule has 1 aromatic heterocycles. The van der Waals surface area contributed by atoms with Crippen molar-refractivity contribution in [2.24, 2.45) is 0 Å². The Balaban J connectivity index is 1.73. The summed E-state index contributed by atoms with van der Waals surface area (Å²) in [5.74, 6) is -0.153. The molecule has 0 saturated carbocycles. The molecule has 0 unspecified atom stereocenters. The highest BCUT2D eigenvalue weighted by molar-refractivity contribution is 6.30. The molecule has 5 heteroatoms. The van der Waals surface area contributed by atoms with Crippen LogP contribution in [0.5, 0.6) is 0 Å². The van der Waals surface area contributed by atoms with E-state index in [0.717, 1.165) is 16.5 Å². The molecule has 0 aliphatic carbocycles. The molecule has 3 rings (SSSR count). The molecule has 0 aliphatic heterocycles. The molecule has 0 fully saturated rings. The van der Waals surface area contributed by atoms with Crippen molar-refractivity contribution < 1.29 is 4.79 Å². The van der Waals surface area contributed by atoms with Crippen LogP contribution in [0.4, 0.5) is 5.69 Å². The van der Waals surface area contributed by atoms with Gasteiger partial charge in [0.2, 0.25) is 0 Å². The third-order valence-corrected chi connectivity index (χ3v) is 3.51. The molecule has 1 amide bonds. The number of amides is 1. The van der Waals surface area contributed by atoms with E-state index in [1.165, 1.54) is 0 Å². The van der Waals surface area contributed by atoms with Gasteiger partial charge in [0.25, 0.3) is 5.91 Å². The van der Waals surface area contributed by atoms with Gasteiger partial charge < -0.3 is 16.0 Å². The highest BCUT2D eigenvalue weighted by Crippen LogP contribution is 2.18. The van der Waals surface area contributed by atoms with E-state index in [1.54, 1.807) is 24.3 Å². The molecular weight excluding hydrogens is 286 g/mol. The van der Waals surface area contributed by atoms with Crippen molar-refractivity contribution in [1.29, 1.82) is 0 Å². The van der Waals surface area contributed by atoms with Crippen molar-refractivity contribution in [1.82, 2.24) is 10.3 Å². The Hall–Kier alpha value is -2.46. The number of aromatic nitrogens is 1. The number of carbonyl (C=O) groups is 1. The summed E-state index contributed by atoms with van der Waals surface area (Å²) in [5.41, 5.74) is 8.81. The van der Waals surface area contributed by atoms with Gasteiger partial charge in [-0.2, -0.15) is 0 Å². The van der Waals surface area contributed by atoms with Crippen molar-refractivity contribution in [3.8, 4) is 0 Å². The Morgan fingerprint density at radius 3 is 2.67 bits per heavy atom. The number of H-pyrrole nitrogens is 1. The van der Waals surface area contributed by atoms with E-state index in [2.05, 4.69) is 10.3 Å². The largest absolute Gasteiger partial charge is 0.399 e. The van der Waals surface area contributed by atoms with Crippen LogP contribution in [0.15, 0.2) is 48.5 Å². The average Bonchev–Trinajstić information content (AvgIpc) is 2.89. The van der Waals surface area contributed by atoms with Gasteiger partial charge in [0.05, 0.1) is 0 Å². The molecule has 2 aromatic carbocycles. The zero-order chi connectivity index (χ0) is 14.8. The van der Waals surface area contributed by atoms with E-state index in [0.29, 0.717) is 22.9 Å². The number of nitrogens with one attached hydrogen (secondary N) is 2. The topological polar surface area (TPSA) is 70.9 Å². The summed E-state index contributed by atoms with van der Waals surface area (Å²) in [7, 11) is 0. The number of rotatable bonds is 3. The van der Waals surface area contributed by atoms with E-state index >= 15 is 0 Å². The minimum atomic E-state index is -0.153. The number of fused-ring (bicyclic) bond motifs is 1. The maximum Gasteiger partial charge on any atom is 0.267 e. The van der Waals surface area contributed by atoms with Crippen LogP contribution in [-0.2, 0) is 6.54 Å². The second kappa shape index (κ2) is 5.50. The van der Waals surface area contributed by atoms with Crippen LogP contribution in [0.1, 0.15) is 16.1 Å². The van der Waals surface area contributed by atoms with Crippen LogP contribution in [0.2, 0.25) is 5.02 Å². The van der Waals surface area contributed by atoms with Crippen LogP contribution in [-0.4, -0.2) is 10.9 Å². The van der Waals surface area contributed by atoms with Crippen LogP contribution >= 0.6 is 11.6 Å². The molecule has 106 valence electrons. The van der Waals surface area contributed by atoms with Gasteiger partial charge >= 0.3 is 0 Å². The second-order valence-corrected chi connectivity index (χ2v) is 5.28. The summed E-state index contributed by atoms with van der Waals surface area (Å²) in [6.07, 6.45) is 0. The molecule has 0 radical (unpaired) electrons. The average molecular weight is 300 g/mol. The second-order valence-electron chi connectivity index (χ2n) is 4.84. The predicted molar refractivity (Wildman–Crippen MR) is 85.3 cm³/mol. The predicted octanol–water partition coefficient (Wildman–Crippen LogP) is 3.33. The van der Waals surface area contributed by atoms with Crippen LogP contribution in [0.25, 0.3) is 10.9 Å². The maximum atomic E-state index is 12.1. The fourth-order valence-corrected chi connectivity index (χ4v) is 2.28. The maximum absolute atomic E-state index is 12.1. The number of carbonyl (C=O) groups excluding carboxylic acids is 1. The SMILES string of the molecule is Nc1ccc2[nH]c(C(=O)NCc3ccc(Cl)cc3)cc2c1. The first kappa shape index (κ1) is 13.5. The van der Waals surface area contributed by atoms with Gasteiger partial charge in [0.1, 0.15) is 5.69 Å². The Morgan fingerprint density at radius 1 is 1.14 bits per heavy atom. The molecule has 4 N–H and O–H groups in total. The summed E-state index contributed by atoms with van der Waals surface area (Å²) in [6, 6.07) is 14.7. The number of halogens is 1. The van der Waals surface area contributed by atoms with Gasteiger partial charge in [-0.25, -0.2) is 0 Å². The Bertz CT molecular complexity index is 793. The summed E-state index contributed by atoms with van der Waals surface area (Å²) in [4.78, 5) is 15.2. The molecule has 0 bridgehead atoms. The first-order chi connectivity index (χ1) is 10.1. The van der Waals surface area contributed by atoms with Gasteiger partial charge in [-0.15, -0.1) is 0 Å². The quantitative estimate of drug-likeness (QED) is 0.649. The van der Waals surface area contributed by atoms with Crippen LogP contribution < -0.4 is 11.1 Å². The molecule has 0 atom stereocenters. The van der Waals surface area contributed by atoms with Gasteiger partial charge in [0, 0.05) is 28.2 Å². The third kappa shape index (κ3) is 3.01. The third-order valence-electron chi connectivity index (χ3n) is 3.26. The normalized spacial score (nSPS) is 10.7. The number of hydrogen-bond acceptors (Lipinski definition) is 2. The number of nitrogen functional groups attached to an aromatic ring is 1. The number of anilines is 1. The molecule has 4 nitrogen and oxygen atoms in total. The van der Waals surface area contributed by atoms with Gasteiger partial charge in [-0.05, 0) is 42.0 Å². The van der Waals surface area contributed by atoms with E-state index in [9.17, 15) is 4.79 Å². The smallest absolute Gasteiger partial charge is 0.267 e. The fraction of sp³-hybridized carbons (Fsp3) is 0.0625. The van der Waals surface area contributed by atoms with Crippen molar-refractivity contribution >= 4 is 34.1 Å². The van der Waals surface area contributed by atoms with E-state index in [1.807, 2.05) is 24.3 Å². The molecule has 0 saturated heterocycles. The summed E-state index contributed by atoms with van der Waals surface area (Å²) >= 11 is 5.83. The van der Waals surface area contributed by atoms with Crippen LogP contribution in [0, 0.1) is 0 Å². The lowest BCUT2D eigenvalue weighted by Gasteiger charge is -2.04. The zero-order valence-electron chi connectivity index (χ0n) is 11.2. The molecule has 0 aliphatic rings. The Kier molecular flexibility index (Phi) is 3.54. The van der Waals surface area contributed by atoms with E-state index in [-0.39, 0.29) is 5.91 Å². The summed E-state index contributed by atoms with van der Waals surface area (Å²) in [5, 5.41) is 4.47. The Labute approximate surface area is 126 Å². The molecule has 3 aromatic rings. The fourth-order valence-electron chi connectivity index (χ4n) is 2.15. The highest BCUT2D eigenvalue weighted by atomic mass is 35.5. The summed E-state index contributed by atoms with van der Waals surface area (Å²) < 4.78 is 0. The zero-order valence-corrected chi connectivity index (χ0v) is 11.9. The number of aromatic amines is 1. The molecular formula is C16H14ClN3O. The first-order valence-corrected chi connectivity index (χ1v) is 6.90. The van der Waals surface area contributed by atoms with Crippen LogP contribution in [0.3, 0.4) is 0 Å². The van der Waals surface area contributed by atoms with Gasteiger partial charge in [-0.1, -0.05) is 23.7 Å². The van der Waals surface area contributed by atoms with E-state index < -0.39 is 0 Å². The highest BCUT2D eigenvalue weighted by Gasteiger charge is 2.09. The van der Waals surface area contributed by atoms with Gasteiger partial charge in [-0.3, -0.25) is 4.79 Å². The number of benzene rings is 2. The Morgan fingerprint density at radius 2 is 1.90 bits per heavy atom. The van der Waals surface area contributed by atoms with Crippen molar-refractivity contribution in [3.05, 3.63) is 64.8 Å². The van der Waals surface area contributed by atoms with E-state index in [4.69, 9.17) is 17.3 Å². The lowest BCUT2D eigenvalue weighted by Crippen LogP contribution is -2.22. The van der Waals surface area contributed by atoms with Crippen molar-refractivity contribution in [3.63, 3.8) is 0 Å². The first-order valence-electron chi connectivity index (χ1n) is 6.53. The minimum absolute atomic E-state index is 0.153. The monoisotopic (exact) mass is 299 g/mol. The lowest BCUT2D eigenvalue weighted by molar-refractivity contribution is 0.0947.